The van der Waals surface area contributed by atoms with Gasteiger partial charge in [-0.3, -0.25) is 4.98 Å². The topological polar surface area (TPSA) is 16.8 Å². The van der Waals surface area contributed by atoms with Crippen LogP contribution < -0.4 is 4.57 Å². The maximum Gasteiger partial charge on any atom is 0.212 e. The molecule has 23 heavy (non-hydrogen) atoms. The minimum absolute atomic E-state index is 0.934. The van der Waals surface area contributed by atoms with Crippen LogP contribution in [0.25, 0.3) is 22.4 Å². The first-order valence-corrected chi connectivity index (χ1v) is 8.09. The molecule has 0 unspecified atom stereocenters. The normalized spacial score (nSPS) is 12.2. The predicted molar refractivity (Wildman–Crippen MR) is 93.3 cm³/mol. The molecule has 0 fully saturated rings. The summed E-state index contributed by atoms with van der Waals surface area (Å²) in [5.74, 6) is 0. The van der Waals surface area contributed by atoms with Crippen LogP contribution in [0.5, 0.6) is 0 Å². The van der Waals surface area contributed by atoms with Crippen molar-refractivity contribution in [3.8, 4) is 22.4 Å². The second-order valence-electron chi connectivity index (χ2n) is 6.64. The summed E-state index contributed by atoms with van der Waals surface area (Å²) in [4.78, 5) is 4.54. The lowest BCUT2D eigenvalue weighted by Gasteiger charge is -2.10. The van der Waals surface area contributed by atoms with Gasteiger partial charge in [-0.25, -0.2) is 4.57 Å². The number of pyridine rings is 2. The van der Waals surface area contributed by atoms with Crippen LogP contribution in [0.1, 0.15) is 27.9 Å². The molecule has 0 atom stereocenters. The Balaban J connectivity index is 1.93. The van der Waals surface area contributed by atoms with Gasteiger partial charge in [-0.15, -0.1) is 0 Å². The molecule has 114 valence electrons. The lowest BCUT2D eigenvalue weighted by atomic mass is 9.96. The summed E-state index contributed by atoms with van der Waals surface area (Å²) in [6.45, 7) is 6.58. The Kier molecular flexibility index (Phi) is 3.08. The summed E-state index contributed by atoms with van der Waals surface area (Å²) in [7, 11) is 2.14. The standard InChI is InChI=1S/C21H21N2/c1-13-8-14(2)15(3)18(9-13)21-11-16-10-20-17(6-5-7-22-20)19(16)12-23(21)4/h5-9,11-12H,10H2,1-4H3/q+1. The molecule has 2 aromatic heterocycles. The van der Waals surface area contributed by atoms with Crippen molar-refractivity contribution in [1.82, 2.24) is 4.98 Å². The highest BCUT2D eigenvalue weighted by Crippen LogP contribution is 2.36. The molecule has 0 bridgehead atoms. The maximum atomic E-state index is 4.54. The smallest absolute Gasteiger partial charge is 0.212 e. The number of hydrogen-bond acceptors (Lipinski definition) is 1. The quantitative estimate of drug-likeness (QED) is 0.484. The monoisotopic (exact) mass is 301 g/mol. The van der Waals surface area contributed by atoms with Crippen LogP contribution in [0.15, 0.2) is 42.7 Å². The molecule has 0 spiro atoms. The van der Waals surface area contributed by atoms with Crippen LogP contribution in [0.3, 0.4) is 0 Å². The summed E-state index contributed by atoms with van der Waals surface area (Å²) in [5.41, 5.74) is 11.8. The van der Waals surface area contributed by atoms with Gasteiger partial charge < -0.3 is 0 Å². The zero-order chi connectivity index (χ0) is 16.1. The zero-order valence-corrected chi connectivity index (χ0v) is 14.1. The lowest BCUT2D eigenvalue weighted by Crippen LogP contribution is -2.31. The first kappa shape index (κ1) is 14.1. The van der Waals surface area contributed by atoms with Crippen molar-refractivity contribution in [2.45, 2.75) is 27.2 Å². The van der Waals surface area contributed by atoms with E-state index in [-0.39, 0.29) is 0 Å². The number of rotatable bonds is 1. The number of aromatic nitrogens is 2. The summed E-state index contributed by atoms with van der Waals surface area (Å²) in [6.07, 6.45) is 5.08. The third-order valence-corrected chi connectivity index (χ3v) is 4.99. The molecule has 0 saturated heterocycles. The van der Waals surface area contributed by atoms with Crippen molar-refractivity contribution >= 4 is 0 Å². The molecule has 0 amide bonds. The summed E-state index contributed by atoms with van der Waals surface area (Å²) >= 11 is 0. The SMILES string of the molecule is Cc1cc(C)c(C)c(-c2cc3c(c[n+]2C)-c2cccnc2C3)c1. The molecule has 1 aliphatic carbocycles. The van der Waals surface area contributed by atoms with E-state index >= 15 is 0 Å². The van der Waals surface area contributed by atoms with Gasteiger partial charge in [0.25, 0.3) is 0 Å². The van der Waals surface area contributed by atoms with E-state index in [4.69, 9.17) is 0 Å². The molecule has 3 aromatic rings. The molecule has 0 N–H and O–H groups in total. The Morgan fingerprint density at radius 1 is 1.00 bits per heavy atom. The van der Waals surface area contributed by atoms with Crippen molar-refractivity contribution in [3.05, 3.63) is 70.7 Å². The van der Waals surface area contributed by atoms with Crippen molar-refractivity contribution in [3.63, 3.8) is 0 Å². The van der Waals surface area contributed by atoms with E-state index in [2.05, 4.69) is 67.8 Å². The summed E-state index contributed by atoms with van der Waals surface area (Å²) in [6, 6.07) is 11.1. The van der Waals surface area contributed by atoms with E-state index in [1.807, 2.05) is 12.3 Å². The molecule has 1 aromatic carbocycles. The number of hydrogen-bond donors (Lipinski definition) is 0. The van der Waals surface area contributed by atoms with Crippen molar-refractivity contribution in [2.24, 2.45) is 7.05 Å². The van der Waals surface area contributed by atoms with E-state index in [0.717, 1.165) is 6.42 Å². The molecular weight excluding hydrogens is 280 g/mol. The van der Waals surface area contributed by atoms with Gasteiger partial charge in [0.15, 0.2) is 6.20 Å². The van der Waals surface area contributed by atoms with Crippen LogP contribution in [-0.4, -0.2) is 4.98 Å². The molecule has 0 aliphatic heterocycles. The van der Waals surface area contributed by atoms with E-state index in [9.17, 15) is 0 Å². The molecule has 0 saturated carbocycles. The highest BCUT2D eigenvalue weighted by atomic mass is 14.9. The molecule has 2 heteroatoms. The highest BCUT2D eigenvalue weighted by molar-refractivity contribution is 5.76. The second kappa shape index (κ2) is 5.02. The van der Waals surface area contributed by atoms with Gasteiger partial charge in [-0.2, -0.15) is 0 Å². The molecule has 0 radical (unpaired) electrons. The first-order valence-electron chi connectivity index (χ1n) is 8.09. The average molecular weight is 301 g/mol. The average Bonchev–Trinajstić information content (AvgIpc) is 2.88. The van der Waals surface area contributed by atoms with Gasteiger partial charge in [-0.05, 0) is 49.6 Å². The van der Waals surface area contributed by atoms with Crippen LogP contribution >= 0.6 is 0 Å². The maximum absolute atomic E-state index is 4.54. The van der Waals surface area contributed by atoms with Gasteiger partial charge in [0.1, 0.15) is 7.05 Å². The fourth-order valence-corrected chi connectivity index (χ4v) is 3.66. The van der Waals surface area contributed by atoms with E-state index in [1.165, 1.54) is 50.3 Å². The number of aryl methyl sites for hydroxylation is 3. The predicted octanol–water partition coefficient (Wildman–Crippen LogP) is 4.07. The Bertz CT molecular complexity index is 939. The number of fused-ring (bicyclic) bond motifs is 3. The molecule has 2 nitrogen and oxygen atoms in total. The molecule has 4 rings (SSSR count). The molecule has 2 heterocycles. The van der Waals surface area contributed by atoms with E-state index in [0.29, 0.717) is 0 Å². The fraction of sp³-hybridized carbons (Fsp3) is 0.238. The van der Waals surface area contributed by atoms with Crippen molar-refractivity contribution < 1.29 is 4.57 Å². The Morgan fingerprint density at radius 2 is 1.83 bits per heavy atom. The third-order valence-electron chi connectivity index (χ3n) is 4.99. The van der Waals surface area contributed by atoms with Crippen LogP contribution in [-0.2, 0) is 13.5 Å². The minimum atomic E-state index is 0.934. The van der Waals surface area contributed by atoms with Gasteiger partial charge >= 0.3 is 0 Å². The van der Waals surface area contributed by atoms with Gasteiger partial charge in [0, 0.05) is 29.8 Å². The van der Waals surface area contributed by atoms with Crippen LogP contribution in [0, 0.1) is 20.8 Å². The second-order valence-corrected chi connectivity index (χ2v) is 6.64. The van der Waals surface area contributed by atoms with Gasteiger partial charge in [0.2, 0.25) is 5.69 Å². The van der Waals surface area contributed by atoms with Crippen molar-refractivity contribution in [2.75, 3.05) is 0 Å². The van der Waals surface area contributed by atoms with E-state index in [1.54, 1.807) is 0 Å². The van der Waals surface area contributed by atoms with Gasteiger partial charge in [-0.1, -0.05) is 17.7 Å². The number of benzene rings is 1. The first-order chi connectivity index (χ1) is 11.0. The van der Waals surface area contributed by atoms with E-state index < -0.39 is 0 Å². The fourth-order valence-electron chi connectivity index (χ4n) is 3.66. The summed E-state index contributed by atoms with van der Waals surface area (Å²) < 4.78 is 2.25. The third kappa shape index (κ3) is 2.17. The Morgan fingerprint density at radius 3 is 2.65 bits per heavy atom. The van der Waals surface area contributed by atoms with Crippen molar-refractivity contribution in [1.29, 1.82) is 0 Å². The highest BCUT2D eigenvalue weighted by Gasteiger charge is 2.25. The summed E-state index contributed by atoms with van der Waals surface area (Å²) in [5, 5.41) is 0. The number of nitrogens with zero attached hydrogens (tertiary/aromatic N) is 2. The largest absolute Gasteiger partial charge is 0.260 e. The Labute approximate surface area is 137 Å². The Hall–Kier alpha value is -2.48. The molecular formula is C21H21N2+. The van der Waals surface area contributed by atoms with Crippen LogP contribution in [0.2, 0.25) is 0 Å². The van der Waals surface area contributed by atoms with Gasteiger partial charge in [0.05, 0.1) is 11.3 Å². The van der Waals surface area contributed by atoms with Crippen LogP contribution in [0.4, 0.5) is 0 Å². The lowest BCUT2D eigenvalue weighted by molar-refractivity contribution is -0.659. The molecule has 1 aliphatic rings. The zero-order valence-electron chi connectivity index (χ0n) is 14.1. The minimum Gasteiger partial charge on any atom is -0.260 e.